The summed E-state index contributed by atoms with van der Waals surface area (Å²) < 4.78 is 5.74. The molecule has 2 aromatic carbocycles. The van der Waals surface area contributed by atoms with Gasteiger partial charge in [-0.1, -0.05) is 12.1 Å². The number of methoxy groups -OCH3 is 1. The van der Waals surface area contributed by atoms with E-state index in [-0.39, 0.29) is 12.5 Å². The lowest BCUT2D eigenvalue weighted by Gasteiger charge is -2.27. The quantitative estimate of drug-likeness (QED) is 0.416. The summed E-state index contributed by atoms with van der Waals surface area (Å²) in [7, 11) is 5.54. The van der Waals surface area contributed by atoms with E-state index in [1.165, 1.54) is 11.1 Å². The fourth-order valence-electron chi connectivity index (χ4n) is 5.10. The Kier molecular flexibility index (Phi) is 6.70. The number of benzene rings is 2. The van der Waals surface area contributed by atoms with Crippen LogP contribution in [0.1, 0.15) is 34.0 Å². The molecule has 0 spiro atoms. The molecular weight excluding hydrogens is 466 g/mol. The topological polar surface area (TPSA) is 94.6 Å². The molecule has 4 aromatic rings. The third kappa shape index (κ3) is 4.82. The van der Waals surface area contributed by atoms with Gasteiger partial charge in [0.1, 0.15) is 11.3 Å². The van der Waals surface area contributed by atoms with Gasteiger partial charge in [-0.15, -0.1) is 0 Å². The molecule has 0 fully saturated rings. The molecule has 5 rings (SSSR count). The number of H-pyrrole nitrogens is 1. The van der Waals surface area contributed by atoms with Crippen molar-refractivity contribution in [1.29, 1.82) is 0 Å². The lowest BCUT2D eigenvalue weighted by Crippen LogP contribution is -2.33. The van der Waals surface area contributed by atoms with Crippen LogP contribution in [0.4, 0.5) is 0 Å². The van der Waals surface area contributed by atoms with Crippen molar-refractivity contribution in [3.63, 3.8) is 0 Å². The van der Waals surface area contributed by atoms with Gasteiger partial charge in [-0.05, 0) is 62.2 Å². The van der Waals surface area contributed by atoms with E-state index in [1.807, 2.05) is 31.3 Å². The van der Waals surface area contributed by atoms with Crippen molar-refractivity contribution >= 4 is 17.1 Å². The number of ether oxygens (including phenoxy) is 1. The van der Waals surface area contributed by atoms with Crippen molar-refractivity contribution in [2.45, 2.75) is 32.9 Å². The minimum absolute atomic E-state index is 0.112. The van der Waals surface area contributed by atoms with E-state index in [4.69, 9.17) is 9.72 Å². The Bertz CT molecular complexity index is 1460. The van der Waals surface area contributed by atoms with E-state index in [2.05, 4.69) is 34.0 Å². The smallest absolute Gasteiger partial charge is 0.253 e. The molecule has 8 nitrogen and oxygen atoms in total. The minimum Gasteiger partial charge on any atom is -0.496 e. The van der Waals surface area contributed by atoms with Gasteiger partial charge in [-0.25, -0.2) is 9.97 Å². The second-order valence-corrected chi connectivity index (χ2v) is 10.0. The largest absolute Gasteiger partial charge is 0.496 e. The molecule has 2 N–H and O–H groups in total. The Hall–Kier alpha value is -3.75. The molecule has 1 atom stereocenters. The standard InChI is InChI=1S/C29H33N5O3/c1-17-10-19(6-7-22(17)29(36)34(4)15-18(2)35)23-13-30-28-27(23)32-25(14-31-28)21-11-20-8-9-33(3)16-24(20)26(12-21)37-5/h6-7,10-14,18,35H,8-9,15-16H2,1-5H3,(H,30,31)/t18-/m0/s1. The van der Waals surface area contributed by atoms with Gasteiger partial charge < -0.3 is 24.6 Å². The van der Waals surface area contributed by atoms with Crippen LogP contribution in [0.25, 0.3) is 33.5 Å². The third-order valence-electron chi connectivity index (χ3n) is 7.04. The number of aromatic amines is 1. The van der Waals surface area contributed by atoms with E-state index in [0.29, 0.717) is 11.2 Å². The zero-order valence-electron chi connectivity index (χ0n) is 22.0. The molecule has 0 aliphatic carbocycles. The summed E-state index contributed by atoms with van der Waals surface area (Å²) in [6, 6.07) is 10.0. The first-order valence-corrected chi connectivity index (χ1v) is 12.5. The van der Waals surface area contributed by atoms with Crippen LogP contribution in [-0.2, 0) is 13.0 Å². The van der Waals surface area contributed by atoms with Gasteiger partial charge in [0.25, 0.3) is 5.91 Å². The summed E-state index contributed by atoms with van der Waals surface area (Å²) in [6.45, 7) is 5.77. The molecule has 2 aromatic heterocycles. The predicted octanol–water partition coefficient (Wildman–Crippen LogP) is 4.05. The van der Waals surface area contributed by atoms with Gasteiger partial charge in [0, 0.05) is 55.1 Å². The first kappa shape index (κ1) is 24.9. The maximum Gasteiger partial charge on any atom is 0.253 e. The minimum atomic E-state index is -0.580. The number of nitrogens with one attached hydrogen (secondary N) is 1. The van der Waals surface area contributed by atoms with Crippen LogP contribution in [0.5, 0.6) is 5.75 Å². The first-order valence-electron chi connectivity index (χ1n) is 12.5. The average molecular weight is 500 g/mol. The van der Waals surface area contributed by atoms with Gasteiger partial charge in [0.15, 0.2) is 5.65 Å². The Morgan fingerprint density at radius 1 is 1.27 bits per heavy atom. The molecule has 0 saturated heterocycles. The molecule has 0 bridgehead atoms. The fourth-order valence-corrected chi connectivity index (χ4v) is 5.10. The maximum absolute atomic E-state index is 12.9. The van der Waals surface area contributed by atoms with Crippen LogP contribution in [0.2, 0.25) is 0 Å². The number of hydrogen-bond acceptors (Lipinski definition) is 6. The lowest BCUT2D eigenvalue weighted by atomic mass is 9.95. The highest BCUT2D eigenvalue weighted by Gasteiger charge is 2.21. The average Bonchev–Trinajstić information content (AvgIpc) is 3.30. The molecule has 1 amide bonds. The Balaban J connectivity index is 1.51. The summed E-state index contributed by atoms with van der Waals surface area (Å²) in [5, 5.41) is 9.64. The van der Waals surface area contributed by atoms with E-state index in [0.717, 1.165) is 58.7 Å². The second kappa shape index (κ2) is 9.95. The number of carbonyl (C=O) groups excluding carboxylic acids is 1. The lowest BCUT2D eigenvalue weighted by molar-refractivity contribution is 0.0703. The predicted molar refractivity (Wildman–Crippen MR) is 145 cm³/mol. The SMILES string of the molecule is COc1cc(-c2cnc3[nH]cc(-c4ccc(C(=O)N(C)C[C@H](C)O)c(C)c4)c3n2)cc2c1CN(C)CC2. The molecule has 3 heterocycles. The van der Waals surface area contributed by atoms with Gasteiger partial charge in [-0.2, -0.15) is 0 Å². The van der Waals surface area contributed by atoms with Gasteiger partial charge >= 0.3 is 0 Å². The fraction of sp³-hybridized carbons (Fsp3) is 0.345. The number of amides is 1. The highest BCUT2D eigenvalue weighted by atomic mass is 16.5. The number of rotatable bonds is 6. The van der Waals surface area contributed by atoms with E-state index < -0.39 is 6.10 Å². The molecular formula is C29H33N5O3. The number of carbonyl (C=O) groups is 1. The molecule has 192 valence electrons. The van der Waals surface area contributed by atoms with Crippen LogP contribution in [0, 0.1) is 6.92 Å². The Morgan fingerprint density at radius 3 is 2.81 bits per heavy atom. The molecule has 1 aliphatic rings. The Morgan fingerprint density at radius 2 is 2.08 bits per heavy atom. The van der Waals surface area contributed by atoms with E-state index >= 15 is 0 Å². The number of aryl methyl sites for hydroxylation is 1. The van der Waals surface area contributed by atoms with Crippen LogP contribution >= 0.6 is 0 Å². The summed E-state index contributed by atoms with van der Waals surface area (Å²) in [5.41, 5.74) is 9.15. The van der Waals surface area contributed by atoms with Gasteiger partial charge in [0.2, 0.25) is 0 Å². The highest BCUT2D eigenvalue weighted by molar-refractivity contribution is 5.97. The molecule has 0 saturated carbocycles. The monoisotopic (exact) mass is 499 g/mol. The highest BCUT2D eigenvalue weighted by Crippen LogP contribution is 2.35. The van der Waals surface area contributed by atoms with Crippen molar-refractivity contribution in [2.75, 3.05) is 34.3 Å². The summed E-state index contributed by atoms with van der Waals surface area (Å²) in [6.07, 6.45) is 4.10. The van der Waals surface area contributed by atoms with Crippen LogP contribution in [0.15, 0.2) is 42.7 Å². The number of aliphatic hydroxyl groups is 1. The third-order valence-corrected chi connectivity index (χ3v) is 7.04. The first-order chi connectivity index (χ1) is 17.7. The van der Waals surface area contributed by atoms with Crippen molar-refractivity contribution in [2.24, 2.45) is 0 Å². The normalized spacial score (nSPS) is 14.4. The number of aliphatic hydroxyl groups excluding tert-OH is 1. The van der Waals surface area contributed by atoms with Crippen molar-refractivity contribution in [3.8, 4) is 28.1 Å². The van der Waals surface area contributed by atoms with Crippen LogP contribution in [0.3, 0.4) is 0 Å². The number of nitrogens with zero attached hydrogens (tertiary/aromatic N) is 4. The molecule has 1 aliphatic heterocycles. The second-order valence-electron chi connectivity index (χ2n) is 10.0. The number of hydrogen-bond donors (Lipinski definition) is 2. The Labute approximate surface area is 216 Å². The molecule has 37 heavy (non-hydrogen) atoms. The molecule has 0 unspecified atom stereocenters. The van der Waals surface area contributed by atoms with Crippen molar-refractivity contribution < 1.29 is 14.6 Å². The van der Waals surface area contributed by atoms with Crippen LogP contribution < -0.4 is 4.74 Å². The zero-order valence-corrected chi connectivity index (χ0v) is 22.0. The maximum atomic E-state index is 12.9. The van der Waals surface area contributed by atoms with Crippen molar-refractivity contribution in [1.82, 2.24) is 24.8 Å². The van der Waals surface area contributed by atoms with Gasteiger partial charge in [-0.3, -0.25) is 4.79 Å². The van der Waals surface area contributed by atoms with E-state index in [9.17, 15) is 9.90 Å². The number of aromatic nitrogens is 3. The van der Waals surface area contributed by atoms with E-state index in [1.54, 1.807) is 32.2 Å². The summed E-state index contributed by atoms with van der Waals surface area (Å²) in [4.78, 5) is 29.6. The van der Waals surface area contributed by atoms with Gasteiger partial charge in [0.05, 0.1) is 25.1 Å². The summed E-state index contributed by atoms with van der Waals surface area (Å²) in [5.74, 6) is 0.769. The molecule has 8 heteroatoms. The summed E-state index contributed by atoms with van der Waals surface area (Å²) >= 11 is 0. The van der Waals surface area contributed by atoms with Crippen molar-refractivity contribution in [3.05, 3.63) is 65.0 Å². The number of fused-ring (bicyclic) bond motifs is 2. The van der Waals surface area contributed by atoms with Crippen LogP contribution in [-0.4, -0.2) is 76.2 Å². The zero-order chi connectivity index (χ0) is 26.3. The number of likely N-dealkylation sites (N-methyl/N-ethyl adjacent to an activating group) is 2. The molecule has 0 radical (unpaired) electrons.